The molecule has 0 saturated heterocycles. The molecule has 6 rings (SSSR count). The van der Waals surface area contributed by atoms with Crippen molar-refractivity contribution in [2.75, 3.05) is 44.3 Å². The minimum atomic E-state index is -2.09. The van der Waals surface area contributed by atoms with Gasteiger partial charge in [0.15, 0.2) is 16.8 Å². The van der Waals surface area contributed by atoms with E-state index in [1.165, 1.54) is 27.8 Å². The predicted octanol–water partition coefficient (Wildman–Crippen LogP) is 12.6. The second-order valence-corrected chi connectivity index (χ2v) is 22.6. The van der Waals surface area contributed by atoms with Crippen molar-refractivity contribution in [1.29, 1.82) is 0 Å². The fraction of sp³-hybridized carbons (Fsp3) is 0.482. The van der Waals surface area contributed by atoms with E-state index in [4.69, 9.17) is 0 Å². The summed E-state index contributed by atoms with van der Waals surface area (Å²) in [4.78, 5) is 27.6. The number of rotatable bonds is 25. The molecule has 1 amide bonds. The maximum absolute atomic E-state index is 12.8. The quantitative estimate of drug-likeness (QED) is 0.0183. The van der Waals surface area contributed by atoms with Crippen molar-refractivity contribution < 1.29 is 32.0 Å². The Bertz CT molecular complexity index is 2490. The summed E-state index contributed by atoms with van der Waals surface area (Å²) < 4.78 is 43.9. The van der Waals surface area contributed by atoms with Crippen LogP contribution in [0.2, 0.25) is 0 Å². The zero-order chi connectivity index (χ0) is 49.7. The summed E-state index contributed by atoms with van der Waals surface area (Å²) >= 11 is -0.454. The molecule has 0 radical (unpaired) electrons. The van der Waals surface area contributed by atoms with E-state index in [0.29, 0.717) is 29.5 Å². The zero-order valence-electron chi connectivity index (χ0n) is 41.8. The molecule has 5 N–H and O–H groups in total. The summed E-state index contributed by atoms with van der Waals surface area (Å²) in [6, 6.07) is 20.5. The summed E-state index contributed by atoms with van der Waals surface area (Å²) in [6.07, 6.45) is 19.7. The Balaban J connectivity index is 1.24. The second kappa shape index (κ2) is 25.3. The Morgan fingerprint density at radius 1 is 0.928 bits per heavy atom. The van der Waals surface area contributed by atoms with E-state index in [1.54, 1.807) is 6.07 Å². The van der Waals surface area contributed by atoms with Crippen LogP contribution in [-0.2, 0) is 37.9 Å². The van der Waals surface area contributed by atoms with Gasteiger partial charge in [0.25, 0.3) is 0 Å². The van der Waals surface area contributed by atoms with E-state index in [1.807, 2.05) is 24.3 Å². The smallest absolute Gasteiger partial charge is 0.220 e. The van der Waals surface area contributed by atoms with Crippen molar-refractivity contribution in [2.24, 2.45) is 11.8 Å². The third-order valence-corrected chi connectivity index (χ3v) is 15.9. The standard InChI is InChI=1S/C56H74N4O6S3/c1-39(2)44(38-61)20-14-31-59(7)33-30-57-53(62)21-9-8-15-40-16-12-19-43(35-40)54-41(22-28-51-55(3,4)47-36-45(68-64)24-26-49(47)58-51)17-13-18-42(54)23-29-52-56(5,6)48-37-46(69(65)66)25-27-50(48)60(52)32-10-11-34-67-63/h12,16,19,22-29,35-39,44H,8-11,13-15,17-18,20-21,30-34H2,1-7H3,(H4,57,62,63,64,65,66)/p+1. The van der Waals surface area contributed by atoms with E-state index < -0.39 is 16.5 Å². The highest BCUT2D eigenvalue weighted by atomic mass is 32.2. The first kappa shape index (κ1) is 54.3. The molecule has 0 aromatic heterocycles. The largest absolute Gasteiger partial charge is 0.358 e. The first-order valence-corrected chi connectivity index (χ1v) is 27.6. The van der Waals surface area contributed by atoms with Gasteiger partial charge in [-0.1, -0.05) is 64.1 Å². The second-order valence-electron chi connectivity index (χ2n) is 20.3. The number of fused-ring (bicyclic) bond motifs is 2. The fourth-order valence-electron chi connectivity index (χ4n) is 10.1. The molecule has 0 spiro atoms. The van der Waals surface area contributed by atoms with Gasteiger partial charge >= 0.3 is 0 Å². The lowest BCUT2D eigenvalue weighted by atomic mass is 9.79. The van der Waals surface area contributed by atoms with Gasteiger partial charge in [-0.25, -0.2) is 4.21 Å². The number of anilines is 1. The molecule has 13 heteroatoms. The van der Waals surface area contributed by atoms with Crippen LogP contribution in [0.4, 0.5) is 11.4 Å². The molecular formula is C56H75N4O6S3+. The SMILES string of the molecule is CC(C)C(C=O)CCCN(C)CCNC(=O)CCCCc1cccc(C2=C(/C=C/C3=[N+](CCCCSO)c4ccc(S(=O)O)cc4C3(C)C)CCC/C2=C\C=C2\Nc3ccc(SO)cc3C2(C)C)c1. The molecule has 0 fully saturated rings. The normalized spacial score (nSPS) is 18.4. The van der Waals surface area contributed by atoms with Crippen molar-refractivity contribution in [1.82, 2.24) is 10.2 Å². The predicted molar refractivity (Wildman–Crippen MR) is 288 cm³/mol. The highest BCUT2D eigenvalue weighted by Gasteiger charge is 2.44. The average Bonchev–Trinajstić information content (AvgIpc) is 3.71. The third-order valence-electron chi connectivity index (χ3n) is 14.3. The van der Waals surface area contributed by atoms with Gasteiger partial charge in [0.2, 0.25) is 11.6 Å². The highest BCUT2D eigenvalue weighted by molar-refractivity contribution is 7.94. The Hall–Kier alpha value is -4.08. The van der Waals surface area contributed by atoms with Crippen molar-refractivity contribution >= 4 is 70.0 Å². The topological polar surface area (TPSA) is 142 Å². The summed E-state index contributed by atoms with van der Waals surface area (Å²) in [6.45, 7) is 16.1. The molecule has 10 nitrogen and oxygen atoms in total. The summed E-state index contributed by atoms with van der Waals surface area (Å²) in [5.41, 5.74) is 11.9. The van der Waals surface area contributed by atoms with Crippen LogP contribution in [0, 0.1) is 11.8 Å². The molecule has 372 valence electrons. The molecule has 2 heterocycles. The number of unbranched alkanes of at least 4 members (excludes halogenated alkanes) is 2. The number of hydrogen-bond donors (Lipinski definition) is 5. The monoisotopic (exact) mass is 995 g/mol. The van der Waals surface area contributed by atoms with Gasteiger partial charge in [0, 0.05) is 89.0 Å². The van der Waals surface area contributed by atoms with Gasteiger partial charge in [0.05, 0.1) is 10.3 Å². The molecule has 0 saturated carbocycles. The highest BCUT2D eigenvalue weighted by Crippen LogP contribution is 2.46. The first-order valence-electron chi connectivity index (χ1n) is 24.8. The lowest BCUT2D eigenvalue weighted by molar-refractivity contribution is -0.438. The fourth-order valence-corrected chi connectivity index (χ4v) is 11.1. The van der Waals surface area contributed by atoms with Gasteiger partial charge in [-0.15, -0.1) is 0 Å². The minimum Gasteiger partial charge on any atom is -0.358 e. The molecule has 2 unspecified atom stereocenters. The van der Waals surface area contributed by atoms with Gasteiger partial charge in [-0.05, 0) is 173 Å². The third kappa shape index (κ3) is 13.9. The molecule has 3 aromatic rings. The van der Waals surface area contributed by atoms with Gasteiger partial charge < -0.3 is 34.0 Å². The molecule has 1 aliphatic carbocycles. The van der Waals surface area contributed by atoms with Crippen molar-refractivity contribution in [3.8, 4) is 0 Å². The molecule has 69 heavy (non-hydrogen) atoms. The molecule has 3 aromatic carbocycles. The summed E-state index contributed by atoms with van der Waals surface area (Å²) in [5, 5.41) is 6.78. The molecule has 3 aliphatic rings. The number of hydrogen-bond acceptors (Lipinski definition) is 9. The Labute approximate surface area is 423 Å². The Kier molecular flexibility index (Phi) is 19.9. The number of nitrogens with zero attached hydrogens (tertiary/aromatic N) is 2. The van der Waals surface area contributed by atoms with Crippen LogP contribution in [0.5, 0.6) is 0 Å². The lowest BCUT2D eigenvalue weighted by Crippen LogP contribution is -2.33. The molecule has 0 bridgehead atoms. The number of aldehydes is 1. The number of carbonyl (C=O) groups excluding carboxylic acids is 2. The van der Waals surface area contributed by atoms with Crippen LogP contribution in [0.15, 0.2) is 112 Å². The number of nitrogens with one attached hydrogen (secondary N) is 2. The van der Waals surface area contributed by atoms with Crippen LogP contribution in [0.1, 0.15) is 128 Å². The Morgan fingerprint density at radius 3 is 2.48 bits per heavy atom. The van der Waals surface area contributed by atoms with E-state index in [0.717, 1.165) is 153 Å². The van der Waals surface area contributed by atoms with E-state index in [2.05, 4.69) is 123 Å². The maximum atomic E-state index is 12.8. The molecular weight excluding hydrogens is 921 g/mol. The number of allylic oxidation sites excluding steroid dienone is 8. The van der Waals surface area contributed by atoms with Crippen LogP contribution in [0.25, 0.3) is 5.57 Å². The van der Waals surface area contributed by atoms with E-state index in [9.17, 15) is 27.5 Å². The van der Waals surface area contributed by atoms with Crippen LogP contribution in [0.3, 0.4) is 0 Å². The van der Waals surface area contributed by atoms with Gasteiger partial charge in [0.1, 0.15) is 12.8 Å². The first-order chi connectivity index (χ1) is 33.1. The summed E-state index contributed by atoms with van der Waals surface area (Å²) in [5.74, 6) is 1.22. The Morgan fingerprint density at radius 2 is 1.74 bits per heavy atom. The summed E-state index contributed by atoms with van der Waals surface area (Å²) in [7, 11) is 2.07. The van der Waals surface area contributed by atoms with Crippen molar-refractivity contribution in [2.45, 2.75) is 133 Å². The van der Waals surface area contributed by atoms with Crippen molar-refractivity contribution in [3.63, 3.8) is 0 Å². The van der Waals surface area contributed by atoms with Gasteiger partial charge in [-0.2, -0.15) is 4.58 Å². The number of aryl methyl sites for hydroxylation is 1. The van der Waals surface area contributed by atoms with Crippen LogP contribution < -0.4 is 10.6 Å². The van der Waals surface area contributed by atoms with Gasteiger partial charge in [-0.3, -0.25) is 4.79 Å². The number of amides is 1. The van der Waals surface area contributed by atoms with E-state index in [-0.39, 0.29) is 17.2 Å². The van der Waals surface area contributed by atoms with Crippen LogP contribution >= 0.6 is 24.1 Å². The lowest BCUT2D eigenvalue weighted by Gasteiger charge is -2.24. The minimum absolute atomic E-state index is 0.0827. The number of benzene rings is 3. The van der Waals surface area contributed by atoms with Crippen molar-refractivity contribution in [3.05, 3.63) is 124 Å². The number of likely N-dealkylation sites (N-methyl/N-ethyl adjacent to an activating group) is 1. The number of carbonyl (C=O) groups is 2. The van der Waals surface area contributed by atoms with Crippen LogP contribution in [-0.4, -0.2) is 84.2 Å². The van der Waals surface area contributed by atoms with E-state index >= 15 is 0 Å². The average molecular weight is 996 g/mol. The maximum Gasteiger partial charge on any atom is 0.220 e. The molecule has 2 aliphatic heterocycles. The zero-order valence-corrected chi connectivity index (χ0v) is 44.3. The molecule has 2 atom stereocenters.